The number of nitrogens with one attached hydrogen (secondary N) is 1. The predicted octanol–water partition coefficient (Wildman–Crippen LogP) is 0.587. The van der Waals surface area contributed by atoms with E-state index in [1.54, 1.807) is 7.11 Å². The van der Waals surface area contributed by atoms with Gasteiger partial charge in [-0.15, -0.1) is 12.4 Å². The zero-order chi connectivity index (χ0) is 13.7. The number of hydrogen-bond donors (Lipinski definition) is 1. The molecule has 0 aliphatic carbocycles. The van der Waals surface area contributed by atoms with Gasteiger partial charge in [-0.3, -0.25) is 4.79 Å². The second kappa shape index (κ2) is 8.82. The molecule has 6 heteroatoms. The number of amides is 1. The van der Waals surface area contributed by atoms with Crippen LogP contribution in [0.3, 0.4) is 0 Å². The lowest BCUT2D eigenvalue weighted by atomic mass is 9.96. The molecule has 5 nitrogen and oxygen atoms in total. The highest BCUT2D eigenvalue weighted by Gasteiger charge is 2.26. The van der Waals surface area contributed by atoms with Gasteiger partial charge in [0.1, 0.15) is 0 Å². The summed E-state index contributed by atoms with van der Waals surface area (Å²) < 4.78 is 5.51. The van der Waals surface area contributed by atoms with Gasteiger partial charge in [0, 0.05) is 52.8 Å². The molecule has 0 aromatic heterocycles. The summed E-state index contributed by atoms with van der Waals surface area (Å²) in [6.45, 7) is 8.75. The first-order valence-electron chi connectivity index (χ1n) is 7.44. The van der Waals surface area contributed by atoms with Crippen molar-refractivity contribution in [2.75, 3.05) is 52.9 Å². The summed E-state index contributed by atoms with van der Waals surface area (Å²) in [5.74, 6) is 0.930. The van der Waals surface area contributed by atoms with Crippen molar-refractivity contribution >= 4 is 18.3 Å². The summed E-state index contributed by atoms with van der Waals surface area (Å²) in [5.41, 5.74) is 0. The van der Waals surface area contributed by atoms with Crippen LogP contribution in [0.5, 0.6) is 0 Å². The second-order valence-electron chi connectivity index (χ2n) is 5.72. The smallest absolute Gasteiger partial charge is 0.223 e. The molecule has 0 radical (unpaired) electrons. The van der Waals surface area contributed by atoms with Crippen molar-refractivity contribution in [3.8, 4) is 0 Å². The van der Waals surface area contributed by atoms with E-state index in [0.717, 1.165) is 45.8 Å². The highest BCUT2D eigenvalue weighted by Crippen LogP contribution is 2.19. The third-order valence-electron chi connectivity index (χ3n) is 4.39. The number of hydrogen-bond acceptors (Lipinski definition) is 4. The van der Waals surface area contributed by atoms with E-state index >= 15 is 0 Å². The summed E-state index contributed by atoms with van der Waals surface area (Å²) in [5, 5.41) is 3.27. The van der Waals surface area contributed by atoms with Crippen LogP contribution in [-0.2, 0) is 9.53 Å². The number of piperazine rings is 1. The Balaban J connectivity index is 0.00000200. The lowest BCUT2D eigenvalue weighted by molar-refractivity contribution is -0.132. The maximum absolute atomic E-state index is 12.1. The van der Waals surface area contributed by atoms with Crippen LogP contribution in [0.4, 0.5) is 0 Å². The molecule has 0 aromatic rings. The van der Waals surface area contributed by atoms with Gasteiger partial charge in [0.2, 0.25) is 5.91 Å². The number of piperidine rings is 1. The number of nitrogens with zero attached hydrogens (tertiary/aromatic N) is 2. The Hall–Kier alpha value is -0.360. The highest BCUT2D eigenvalue weighted by molar-refractivity contribution is 5.85. The van der Waals surface area contributed by atoms with Crippen molar-refractivity contribution in [1.82, 2.24) is 15.1 Å². The molecule has 2 heterocycles. The molecule has 0 spiro atoms. The van der Waals surface area contributed by atoms with Crippen molar-refractivity contribution in [1.29, 1.82) is 0 Å². The van der Waals surface area contributed by atoms with Crippen LogP contribution < -0.4 is 5.32 Å². The number of ether oxygens (including phenoxy) is 1. The van der Waals surface area contributed by atoms with Crippen molar-refractivity contribution < 1.29 is 9.53 Å². The molecule has 1 N–H and O–H groups in total. The number of rotatable bonds is 4. The monoisotopic (exact) mass is 305 g/mol. The molecule has 2 rings (SSSR count). The van der Waals surface area contributed by atoms with E-state index in [-0.39, 0.29) is 12.4 Å². The quantitative estimate of drug-likeness (QED) is 0.825. The third-order valence-corrected chi connectivity index (χ3v) is 4.39. The zero-order valence-electron chi connectivity index (χ0n) is 12.6. The standard InChI is InChI=1S/C14H27N3O2.ClH/c1-12-3-7-16(11-13(12)19-2)8-4-14(18)17-9-5-15-6-10-17;/h12-13,15H,3-11H2,1-2H3;1H. The molecule has 118 valence electrons. The minimum Gasteiger partial charge on any atom is -0.380 e. The average Bonchev–Trinajstić information content (AvgIpc) is 2.47. The summed E-state index contributed by atoms with van der Waals surface area (Å²) >= 11 is 0. The van der Waals surface area contributed by atoms with E-state index in [0.29, 0.717) is 24.3 Å². The minimum atomic E-state index is 0. The highest BCUT2D eigenvalue weighted by atomic mass is 35.5. The van der Waals surface area contributed by atoms with Crippen molar-refractivity contribution in [3.05, 3.63) is 0 Å². The first-order chi connectivity index (χ1) is 9.20. The molecular formula is C14H28ClN3O2. The fraction of sp³-hybridized carbons (Fsp3) is 0.929. The van der Waals surface area contributed by atoms with Crippen molar-refractivity contribution in [2.45, 2.75) is 25.9 Å². The molecule has 0 saturated carbocycles. The number of carbonyl (C=O) groups excluding carboxylic acids is 1. The molecule has 1 amide bonds. The van der Waals surface area contributed by atoms with E-state index in [2.05, 4.69) is 17.1 Å². The minimum absolute atomic E-state index is 0. The number of halogens is 1. The lowest BCUT2D eigenvalue weighted by Crippen LogP contribution is -2.48. The van der Waals surface area contributed by atoms with Crippen LogP contribution in [0.2, 0.25) is 0 Å². The third kappa shape index (κ3) is 4.88. The maximum Gasteiger partial charge on any atom is 0.223 e. The van der Waals surface area contributed by atoms with E-state index in [1.807, 2.05) is 4.90 Å². The van der Waals surface area contributed by atoms with Crippen LogP contribution in [0, 0.1) is 5.92 Å². The van der Waals surface area contributed by atoms with E-state index in [9.17, 15) is 4.79 Å². The van der Waals surface area contributed by atoms with Gasteiger partial charge in [-0.25, -0.2) is 0 Å². The van der Waals surface area contributed by atoms with Crippen LogP contribution >= 0.6 is 12.4 Å². The van der Waals surface area contributed by atoms with Crippen LogP contribution in [0.1, 0.15) is 19.8 Å². The zero-order valence-corrected chi connectivity index (χ0v) is 13.5. The SMILES string of the molecule is COC1CN(CCC(=O)N2CCNCC2)CCC1C.Cl. The summed E-state index contributed by atoms with van der Waals surface area (Å²) in [4.78, 5) is 16.4. The van der Waals surface area contributed by atoms with Gasteiger partial charge in [-0.2, -0.15) is 0 Å². The Morgan fingerprint density at radius 1 is 1.30 bits per heavy atom. The van der Waals surface area contributed by atoms with E-state index in [1.165, 1.54) is 6.42 Å². The number of carbonyl (C=O) groups is 1. The Kier molecular flexibility index (Phi) is 7.80. The van der Waals surface area contributed by atoms with Crippen LogP contribution in [0.25, 0.3) is 0 Å². The Morgan fingerprint density at radius 2 is 2.00 bits per heavy atom. The topological polar surface area (TPSA) is 44.8 Å². The lowest BCUT2D eigenvalue weighted by Gasteiger charge is -2.36. The summed E-state index contributed by atoms with van der Waals surface area (Å²) in [6.07, 6.45) is 2.13. The summed E-state index contributed by atoms with van der Waals surface area (Å²) in [6, 6.07) is 0. The molecule has 2 atom stereocenters. The van der Waals surface area contributed by atoms with E-state index < -0.39 is 0 Å². The Bertz CT molecular complexity index is 298. The van der Waals surface area contributed by atoms with Gasteiger partial charge in [-0.1, -0.05) is 6.92 Å². The fourth-order valence-corrected chi connectivity index (χ4v) is 2.93. The molecule has 2 aliphatic heterocycles. The van der Waals surface area contributed by atoms with Gasteiger partial charge < -0.3 is 19.9 Å². The fourth-order valence-electron chi connectivity index (χ4n) is 2.93. The maximum atomic E-state index is 12.1. The molecule has 2 fully saturated rings. The molecular weight excluding hydrogens is 278 g/mol. The normalized spacial score (nSPS) is 28.0. The average molecular weight is 306 g/mol. The number of likely N-dealkylation sites (tertiary alicyclic amines) is 1. The first-order valence-corrected chi connectivity index (χ1v) is 7.44. The molecule has 2 aliphatic rings. The van der Waals surface area contributed by atoms with Gasteiger partial charge in [-0.05, 0) is 18.9 Å². The predicted molar refractivity (Wildman–Crippen MR) is 82.3 cm³/mol. The van der Waals surface area contributed by atoms with Gasteiger partial charge in [0.15, 0.2) is 0 Å². The molecule has 2 saturated heterocycles. The first kappa shape index (κ1) is 17.7. The Morgan fingerprint density at radius 3 is 2.65 bits per heavy atom. The molecule has 0 bridgehead atoms. The summed E-state index contributed by atoms with van der Waals surface area (Å²) in [7, 11) is 1.79. The van der Waals surface area contributed by atoms with E-state index in [4.69, 9.17) is 4.74 Å². The van der Waals surface area contributed by atoms with Gasteiger partial charge >= 0.3 is 0 Å². The van der Waals surface area contributed by atoms with Crippen molar-refractivity contribution in [3.63, 3.8) is 0 Å². The van der Waals surface area contributed by atoms with Gasteiger partial charge in [0.05, 0.1) is 6.10 Å². The molecule has 20 heavy (non-hydrogen) atoms. The van der Waals surface area contributed by atoms with Crippen molar-refractivity contribution in [2.24, 2.45) is 5.92 Å². The largest absolute Gasteiger partial charge is 0.380 e. The molecule has 2 unspecified atom stereocenters. The molecule has 0 aromatic carbocycles. The van der Waals surface area contributed by atoms with Crippen LogP contribution in [0.15, 0.2) is 0 Å². The van der Waals surface area contributed by atoms with Gasteiger partial charge in [0.25, 0.3) is 0 Å². The van der Waals surface area contributed by atoms with Crippen LogP contribution in [-0.4, -0.2) is 74.7 Å². The number of methoxy groups -OCH3 is 1. The Labute approximate surface area is 128 Å². The second-order valence-corrected chi connectivity index (χ2v) is 5.72.